The molecule has 0 aliphatic heterocycles. The SMILES string of the molecule is COc1ccc(OC)c(-c2nc(C)c(C#N)s2)c1. The van der Waals surface area contributed by atoms with Gasteiger partial charge in [-0.3, -0.25) is 0 Å². The van der Waals surface area contributed by atoms with Gasteiger partial charge in [-0.05, 0) is 25.1 Å². The van der Waals surface area contributed by atoms with Gasteiger partial charge in [0.1, 0.15) is 27.5 Å². The number of aryl methyl sites for hydroxylation is 1. The summed E-state index contributed by atoms with van der Waals surface area (Å²) in [7, 11) is 3.22. The lowest BCUT2D eigenvalue weighted by molar-refractivity contribution is 0.404. The second-order valence-corrected chi connectivity index (χ2v) is 4.61. The van der Waals surface area contributed by atoms with Gasteiger partial charge in [-0.1, -0.05) is 0 Å². The second-order valence-electron chi connectivity index (χ2n) is 3.61. The molecule has 0 saturated carbocycles. The Morgan fingerprint density at radius 1 is 1.28 bits per heavy atom. The Hall–Kier alpha value is -2.06. The van der Waals surface area contributed by atoms with Crippen molar-refractivity contribution in [3.63, 3.8) is 0 Å². The summed E-state index contributed by atoms with van der Waals surface area (Å²) in [6.45, 7) is 1.82. The van der Waals surface area contributed by atoms with E-state index in [9.17, 15) is 0 Å². The van der Waals surface area contributed by atoms with E-state index in [-0.39, 0.29) is 0 Å². The van der Waals surface area contributed by atoms with Crippen molar-refractivity contribution in [1.82, 2.24) is 4.98 Å². The molecule has 5 heteroatoms. The molecule has 0 radical (unpaired) electrons. The molecular formula is C13H12N2O2S. The quantitative estimate of drug-likeness (QED) is 0.851. The first-order chi connectivity index (χ1) is 8.69. The van der Waals surface area contributed by atoms with Gasteiger partial charge in [0.15, 0.2) is 0 Å². The van der Waals surface area contributed by atoms with E-state index in [0.717, 1.165) is 22.0 Å². The van der Waals surface area contributed by atoms with E-state index in [0.29, 0.717) is 10.6 Å². The summed E-state index contributed by atoms with van der Waals surface area (Å²) < 4.78 is 10.5. The van der Waals surface area contributed by atoms with Gasteiger partial charge >= 0.3 is 0 Å². The highest BCUT2D eigenvalue weighted by molar-refractivity contribution is 7.15. The van der Waals surface area contributed by atoms with Crippen molar-refractivity contribution in [1.29, 1.82) is 5.26 Å². The normalized spacial score (nSPS) is 9.89. The topological polar surface area (TPSA) is 55.1 Å². The van der Waals surface area contributed by atoms with Gasteiger partial charge in [0.25, 0.3) is 0 Å². The van der Waals surface area contributed by atoms with Crippen LogP contribution in [0.1, 0.15) is 10.6 Å². The van der Waals surface area contributed by atoms with Gasteiger partial charge in [0.05, 0.1) is 25.5 Å². The highest BCUT2D eigenvalue weighted by atomic mass is 32.1. The van der Waals surface area contributed by atoms with Crippen molar-refractivity contribution in [2.45, 2.75) is 6.92 Å². The number of aromatic nitrogens is 1. The summed E-state index contributed by atoms with van der Waals surface area (Å²) in [4.78, 5) is 5.02. The number of nitriles is 1. The molecule has 0 unspecified atom stereocenters. The number of benzene rings is 1. The van der Waals surface area contributed by atoms with Crippen LogP contribution in [0.4, 0.5) is 0 Å². The molecule has 2 aromatic rings. The largest absolute Gasteiger partial charge is 0.497 e. The molecule has 1 aromatic carbocycles. The maximum Gasteiger partial charge on any atom is 0.129 e. The molecule has 0 aliphatic carbocycles. The van der Waals surface area contributed by atoms with Crippen LogP contribution in [0.3, 0.4) is 0 Å². The third-order valence-corrected chi connectivity index (χ3v) is 3.63. The summed E-state index contributed by atoms with van der Waals surface area (Å²) in [6.07, 6.45) is 0. The molecule has 2 rings (SSSR count). The van der Waals surface area contributed by atoms with Crippen LogP contribution >= 0.6 is 11.3 Å². The van der Waals surface area contributed by atoms with Gasteiger partial charge in [-0.2, -0.15) is 5.26 Å². The van der Waals surface area contributed by atoms with Crippen molar-refractivity contribution in [3.8, 4) is 28.1 Å². The lowest BCUT2D eigenvalue weighted by Crippen LogP contribution is -1.90. The minimum absolute atomic E-state index is 0.620. The van der Waals surface area contributed by atoms with Crippen molar-refractivity contribution in [2.24, 2.45) is 0 Å². The van der Waals surface area contributed by atoms with E-state index in [4.69, 9.17) is 14.7 Å². The average molecular weight is 260 g/mol. The molecule has 92 valence electrons. The number of nitrogens with zero attached hydrogens (tertiary/aromatic N) is 2. The van der Waals surface area contributed by atoms with Crippen molar-refractivity contribution < 1.29 is 9.47 Å². The maximum absolute atomic E-state index is 8.97. The summed E-state index contributed by atoms with van der Waals surface area (Å²) >= 11 is 1.35. The fraction of sp³-hybridized carbons (Fsp3) is 0.231. The Kier molecular flexibility index (Phi) is 3.49. The Labute approximate surface area is 109 Å². The Bertz CT molecular complexity index is 614. The molecule has 0 amide bonds. The monoisotopic (exact) mass is 260 g/mol. The molecule has 0 N–H and O–H groups in total. The average Bonchev–Trinajstić information content (AvgIpc) is 2.79. The molecule has 0 aliphatic rings. The number of rotatable bonds is 3. The van der Waals surface area contributed by atoms with E-state index >= 15 is 0 Å². The van der Waals surface area contributed by atoms with Crippen LogP contribution in [0.25, 0.3) is 10.6 Å². The van der Waals surface area contributed by atoms with E-state index in [1.807, 2.05) is 25.1 Å². The minimum atomic E-state index is 0.620. The van der Waals surface area contributed by atoms with Crippen LogP contribution in [-0.2, 0) is 0 Å². The van der Waals surface area contributed by atoms with Crippen molar-refractivity contribution in [3.05, 3.63) is 28.8 Å². The minimum Gasteiger partial charge on any atom is -0.497 e. The lowest BCUT2D eigenvalue weighted by atomic mass is 10.2. The molecule has 0 saturated heterocycles. The number of hydrogen-bond acceptors (Lipinski definition) is 5. The third kappa shape index (κ3) is 2.15. The molecular weight excluding hydrogens is 248 g/mol. The standard InChI is InChI=1S/C13H12N2O2S/c1-8-12(7-14)18-13(15-8)10-6-9(16-2)4-5-11(10)17-3/h4-6H,1-3H3. The number of thiazole rings is 1. The van der Waals surface area contributed by atoms with Crippen LogP contribution in [0.2, 0.25) is 0 Å². The van der Waals surface area contributed by atoms with Crippen LogP contribution in [0.15, 0.2) is 18.2 Å². The van der Waals surface area contributed by atoms with E-state index in [2.05, 4.69) is 11.1 Å². The number of ether oxygens (including phenoxy) is 2. The number of hydrogen-bond donors (Lipinski definition) is 0. The van der Waals surface area contributed by atoms with Crippen molar-refractivity contribution >= 4 is 11.3 Å². The molecule has 0 atom stereocenters. The Morgan fingerprint density at radius 2 is 2.06 bits per heavy atom. The highest BCUT2D eigenvalue weighted by Gasteiger charge is 2.14. The van der Waals surface area contributed by atoms with Gasteiger partial charge < -0.3 is 9.47 Å². The maximum atomic E-state index is 8.97. The summed E-state index contributed by atoms with van der Waals surface area (Å²) in [6, 6.07) is 7.65. The molecule has 18 heavy (non-hydrogen) atoms. The van der Waals surface area contributed by atoms with Gasteiger partial charge in [-0.25, -0.2) is 4.98 Å². The predicted molar refractivity (Wildman–Crippen MR) is 70.1 cm³/mol. The summed E-state index contributed by atoms with van der Waals surface area (Å²) in [5.74, 6) is 1.45. The Morgan fingerprint density at radius 3 is 2.61 bits per heavy atom. The highest BCUT2D eigenvalue weighted by Crippen LogP contribution is 2.36. The van der Waals surface area contributed by atoms with Crippen LogP contribution in [-0.4, -0.2) is 19.2 Å². The molecule has 0 fully saturated rings. The zero-order valence-electron chi connectivity index (χ0n) is 10.4. The summed E-state index contributed by atoms with van der Waals surface area (Å²) in [5, 5.41) is 9.73. The molecule has 0 spiro atoms. The first-order valence-electron chi connectivity index (χ1n) is 5.29. The molecule has 4 nitrogen and oxygen atoms in total. The van der Waals surface area contributed by atoms with Crippen LogP contribution < -0.4 is 9.47 Å². The smallest absolute Gasteiger partial charge is 0.129 e. The van der Waals surface area contributed by atoms with Gasteiger partial charge in [-0.15, -0.1) is 11.3 Å². The van der Waals surface area contributed by atoms with Gasteiger partial charge in [0.2, 0.25) is 0 Å². The zero-order chi connectivity index (χ0) is 13.1. The molecule has 0 bridgehead atoms. The van der Waals surface area contributed by atoms with E-state index < -0.39 is 0 Å². The zero-order valence-corrected chi connectivity index (χ0v) is 11.2. The van der Waals surface area contributed by atoms with Crippen LogP contribution in [0, 0.1) is 18.3 Å². The van der Waals surface area contributed by atoms with Crippen LogP contribution in [0.5, 0.6) is 11.5 Å². The molecule has 1 aromatic heterocycles. The second kappa shape index (κ2) is 5.07. The van der Waals surface area contributed by atoms with Gasteiger partial charge in [0, 0.05) is 0 Å². The molecule has 1 heterocycles. The van der Waals surface area contributed by atoms with Crippen molar-refractivity contribution in [2.75, 3.05) is 14.2 Å². The third-order valence-electron chi connectivity index (χ3n) is 2.54. The number of methoxy groups -OCH3 is 2. The first kappa shape index (κ1) is 12.4. The first-order valence-corrected chi connectivity index (χ1v) is 6.11. The fourth-order valence-electron chi connectivity index (χ4n) is 1.60. The Balaban J connectivity index is 2.57. The summed E-state index contributed by atoms with van der Waals surface area (Å²) in [5.41, 5.74) is 1.58. The fourth-order valence-corrected chi connectivity index (χ4v) is 2.48. The van der Waals surface area contributed by atoms with E-state index in [1.54, 1.807) is 14.2 Å². The predicted octanol–water partition coefficient (Wildman–Crippen LogP) is 3.01. The van der Waals surface area contributed by atoms with E-state index in [1.165, 1.54) is 11.3 Å². The lowest BCUT2D eigenvalue weighted by Gasteiger charge is -2.07.